The first-order chi connectivity index (χ1) is 11.2. The van der Waals surface area contributed by atoms with Gasteiger partial charge in [-0.15, -0.1) is 11.3 Å². The number of aryl methyl sites for hydroxylation is 2. The average Bonchev–Trinajstić information content (AvgIpc) is 3.14. The highest BCUT2D eigenvalue weighted by atomic mass is 32.1. The molecule has 0 fully saturated rings. The van der Waals surface area contributed by atoms with Gasteiger partial charge in [0.05, 0.1) is 23.3 Å². The van der Waals surface area contributed by atoms with Crippen molar-refractivity contribution in [1.29, 1.82) is 0 Å². The summed E-state index contributed by atoms with van der Waals surface area (Å²) in [4.78, 5) is 20.8. The summed E-state index contributed by atoms with van der Waals surface area (Å²) in [6.45, 7) is 3.11. The summed E-state index contributed by atoms with van der Waals surface area (Å²) in [5, 5.41) is 5.25. The van der Waals surface area contributed by atoms with Gasteiger partial charge in [0, 0.05) is 24.8 Å². The maximum Gasteiger partial charge on any atom is 0.222 e. The zero-order valence-corrected chi connectivity index (χ0v) is 13.8. The first-order valence-electron chi connectivity index (χ1n) is 7.58. The topological polar surface area (TPSA) is 85.8 Å². The molecular weight excluding hydrogens is 310 g/mol. The van der Waals surface area contributed by atoms with E-state index in [2.05, 4.69) is 26.8 Å². The van der Waals surface area contributed by atoms with Gasteiger partial charge in [-0.3, -0.25) is 4.79 Å². The normalized spacial score (nSPS) is 11.0. The van der Waals surface area contributed by atoms with Crippen LogP contribution in [0.4, 0.5) is 5.13 Å². The highest BCUT2D eigenvalue weighted by molar-refractivity contribution is 7.13. The van der Waals surface area contributed by atoms with E-state index in [1.807, 2.05) is 29.6 Å². The van der Waals surface area contributed by atoms with Gasteiger partial charge in [-0.25, -0.2) is 9.97 Å². The first-order valence-corrected chi connectivity index (χ1v) is 8.46. The monoisotopic (exact) mass is 329 g/mol. The van der Waals surface area contributed by atoms with Crippen LogP contribution in [0.2, 0.25) is 0 Å². The molecule has 0 aliphatic carbocycles. The number of nitrogens with zero attached hydrogens (tertiary/aromatic N) is 3. The lowest BCUT2D eigenvalue weighted by Crippen LogP contribution is -2.24. The molecule has 2 aromatic heterocycles. The van der Waals surface area contributed by atoms with Crippen LogP contribution in [0, 0.1) is 0 Å². The third kappa shape index (κ3) is 3.50. The molecule has 3 rings (SSSR count). The third-order valence-electron chi connectivity index (χ3n) is 3.65. The zero-order valence-electron chi connectivity index (χ0n) is 13.0. The SMILES string of the molecule is CCc1nc2ccccc2n1CCC(=O)NCc1csc(N)n1. The fourth-order valence-electron chi connectivity index (χ4n) is 2.54. The van der Waals surface area contributed by atoms with E-state index in [4.69, 9.17) is 5.73 Å². The van der Waals surface area contributed by atoms with Crippen LogP contribution in [0.25, 0.3) is 11.0 Å². The summed E-state index contributed by atoms with van der Waals surface area (Å²) in [6.07, 6.45) is 1.25. The Hall–Kier alpha value is -2.41. The van der Waals surface area contributed by atoms with Crippen molar-refractivity contribution >= 4 is 33.4 Å². The van der Waals surface area contributed by atoms with Gasteiger partial charge in [0.25, 0.3) is 0 Å². The number of nitrogens with two attached hydrogens (primary N) is 1. The molecule has 0 radical (unpaired) electrons. The molecule has 3 aromatic rings. The minimum absolute atomic E-state index is 0.00333. The molecule has 120 valence electrons. The van der Waals surface area contributed by atoms with Crippen molar-refractivity contribution in [2.24, 2.45) is 0 Å². The molecule has 0 aliphatic heterocycles. The van der Waals surface area contributed by atoms with Gasteiger partial charge >= 0.3 is 0 Å². The van der Waals surface area contributed by atoms with Gasteiger partial charge in [0.15, 0.2) is 5.13 Å². The molecule has 0 atom stereocenters. The average molecular weight is 329 g/mol. The fraction of sp³-hybridized carbons (Fsp3) is 0.312. The van der Waals surface area contributed by atoms with Gasteiger partial charge in [-0.05, 0) is 12.1 Å². The number of nitrogen functional groups attached to an aromatic ring is 1. The molecule has 23 heavy (non-hydrogen) atoms. The predicted octanol–water partition coefficient (Wildman–Crippen LogP) is 2.34. The summed E-state index contributed by atoms with van der Waals surface area (Å²) in [5.41, 5.74) is 8.42. The summed E-state index contributed by atoms with van der Waals surface area (Å²) < 4.78 is 2.12. The highest BCUT2D eigenvalue weighted by Crippen LogP contribution is 2.17. The maximum absolute atomic E-state index is 12.1. The van der Waals surface area contributed by atoms with Gasteiger partial charge in [0.1, 0.15) is 5.82 Å². The lowest BCUT2D eigenvalue weighted by molar-refractivity contribution is -0.121. The molecule has 2 heterocycles. The van der Waals surface area contributed by atoms with Gasteiger partial charge < -0.3 is 15.6 Å². The lowest BCUT2D eigenvalue weighted by atomic mass is 10.3. The third-order valence-corrected chi connectivity index (χ3v) is 4.37. The number of rotatable bonds is 6. The largest absolute Gasteiger partial charge is 0.375 e. The quantitative estimate of drug-likeness (QED) is 0.727. The summed E-state index contributed by atoms with van der Waals surface area (Å²) >= 11 is 1.38. The van der Waals surface area contributed by atoms with Crippen molar-refractivity contribution < 1.29 is 4.79 Å². The number of hydrogen-bond donors (Lipinski definition) is 2. The van der Waals surface area contributed by atoms with Crippen molar-refractivity contribution in [3.05, 3.63) is 41.2 Å². The number of imidazole rings is 1. The number of nitrogens with one attached hydrogen (secondary N) is 1. The number of anilines is 1. The molecule has 0 unspecified atom stereocenters. The van der Waals surface area contributed by atoms with Crippen LogP contribution in [0.5, 0.6) is 0 Å². The zero-order chi connectivity index (χ0) is 16.2. The van der Waals surface area contributed by atoms with Gasteiger partial charge in [0.2, 0.25) is 5.91 Å². The van der Waals surface area contributed by atoms with E-state index in [-0.39, 0.29) is 5.91 Å². The molecule has 0 spiro atoms. The number of fused-ring (bicyclic) bond motifs is 1. The predicted molar refractivity (Wildman–Crippen MR) is 92.1 cm³/mol. The molecule has 1 aromatic carbocycles. The Morgan fingerprint density at radius 3 is 2.91 bits per heavy atom. The van der Waals surface area contributed by atoms with Crippen molar-refractivity contribution in [3.8, 4) is 0 Å². The van der Waals surface area contributed by atoms with E-state index in [0.29, 0.717) is 24.6 Å². The lowest BCUT2D eigenvalue weighted by Gasteiger charge is -2.08. The van der Waals surface area contributed by atoms with Gasteiger partial charge in [-0.1, -0.05) is 19.1 Å². The molecule has 0 bridgehead atoms. The minimum Gasteiger partial charge on any atom is -0.375 e. The van der Waals surface area contributed by atoms with Crippen LogP contribution in [0.3, 0.4) is 0 Å². The van der Waals surface area contributed by atoms with Crippen molar-refractivity contribution in [2.45, 2.75) is 32.9 Å². The number of carbonyl (C=O) groups is 1. The van der Waals surface area contributed by atoms with E-state index in [0.717, 1.165) is 29.0 Å². The molecule has 3 N–H and O–H groups in total. The van der Waals surface area contributed by atoms with Crippen LogP contribution in [0.15, 0.2) is 29.6 Å². The van der Waals surface area contributed by atoms with E-state index in [1.54, 1.807) is 0 Å². The second kappa shape index (κ2) is 6.78. The number of para-hydroxylation sites is 2. The smallest absolute Gasteiger partial charge is 0.222 e. The Bertz CT molecular complexity index is 823. The summed E-state index contributed by atoms with van der Waals surface area (Å²) in [5.74, 6) is 1.00. The van der Waals surface area contributed by atoms with E-state index >= 15 is 0 Å². The van der Waals surface area contributed by atoms with Gasteiger partial charge in [-0.2, -0.15) is 0 Å². The van der Waals surface area contributed by atoms with Crippen molar-refractivity contribution in [1.82, 2.24) is 19.9 Å². The van der Waals surface area contributed by atoms with Crippen LogP contribution in [-0.2, 0) is 24.3 Å². The number of thiazole rings is 1. The summed E-state index contributed by atoms with van der Waals surface area (Å²) in [6, 6.07) is 8.01. The minimum atomic E-state index is -0.00333. The number of hydrogen-bond acceptors (Lipinski definition) is 5. The Morgan fingerprint density at radius 2 is 2.17 bits per heavy atom. The molecule has 7 heteroatoms. The molecule has 0 saturated heterocycles. The number of aromatic nitrogens is 3. The van der Waals surface area contributed by atoms with Crippen LogP contribution >= 0.6 is 11.3 Å². The highest BCUT2D eigenvalue weighted by Gasteiger charge is 2.10. The number of carbonyl (C=O) groups excluding carboxylic acids is 1. The summed E-state index contributed by atoms with van der Waals surface area (Å²) in [7, 11) is 0. The van der Waals surface area contributed by atoms with Crippen LogP contribution < -0.4 is 11.1 Å². The van der Waals surface area contributed by atoms with Crippen LogP contribution in [-0.4, -0.2) is 20.4 Å². The second-order valence-electron chi connectivity index (χ2n) is 5.23. The van der Waals surface area contributed by atoms with Crippen molar-refractivity contribution in [3.63, 3.8) is 0 Å². The Morgan fingerprint density at radius 1 is 1.35 bits per heavy atom. The Labute approximate surface area is 138 Å². The molecular formula is C16H19N5OS. The Balaban J connectivity index is 1.62. The van der Waals surface area contributed by atoms with E-state index in [9.17, 15) is 4.79 Å². The number of amides is 1. The van der Waals surface area contributed by atoms with Crippen LogP contribution in [0.1, 0.15) is 24.9 Å². The first kappa shape index (κ1) is 15.5. The molecule has 0 saturated carbocycles. The van der Waals surface area contributed by atoms with E-state index in [1.165, 1.54) is 11.3 Å². The molecule has 1 amide bonds. The fourth-order valence-corrected chi connectivity index (χ4v) is 3.10. The molecule has 0 aliphatic rings. The maximum atomic E-state index is 12.1. The van der Waals surface area contributed by atoms with Crippen molar-refractivity contribution in [2.75, 3.05) is 5.73 Å². The second-order valence-corrected chi connectivity index (χ2v) is 6.12. The number of benzene rings is 1. The Kier molecular flexibility index (Phi) is 4.57. The standard InChI is InChI=1S/C16H19N5OS/c1-2-14-20-12-5-3-4-6-13(12)21(14)8-7-15(22)18-9-11-10-23-16(17)19-11/h3-6,10H,2,7-9H2,1H3,(H2,17,19)(H,18,22). The van der Waals surface area contributed by atoms with E-state index < -0.39 is 0 Å². The molecule has 6 nitrogen and oxygen atoms in total.